The summed E-state index contributed by atoms with van der Waals surface area (Å²) >= 11 is 3.48. The molecule has 140 valence electrons. The van der Waals surface area contributed by atoms with E-state index in [-0.39, 0.29) is 12.4 Å². The van der Waals surface area contributed by atoms with Crippen molar-refractivity contribution < 1.29 is 23.5 Å². The molecule has 0 bridgehead atoms. The molecule has 5 nitrogen and oxygen atoms in total. The van der Waals surface area contributed by atoms with Gasteiger partial charge in [-0.15, -0.1) is 0 Å². The number of ether oxygens (including phenoxy) is 2. The minimum Gasteiger partial charge on any atom is -0.490 e. The maximum Gasteiger partial charge on any atom is 0.367 e. The van der Waals surface area contributed by atoms with Gasteiger partial charge in [-0.2, -0.15) is 0 Å². The Kier molecular flexibility index (Phi) is 5.91. The minimum absolute atomic E-state index is 0.189. The molecule has 27 heavy (non-hydrogen) atoms. The molecule has 2 aromatic carbocycles. The predicted octanol–water partition coefficient (Wildman–Crippen LogP) is 4.88. The molecular formula is C20H17BrFNO4. The first-order valence-electron chi connectivity index (χ1n) is 8.29. The number of carbonyl (C=O) groups is 1. The summed E-state index contributed by atoms with van der Waals surface area (Å²) in [6, 6.07) is 9.78. The monoisotopic (exact) mass is 433 g/mol. The molecule has 0 radical (unpaired) electrons. The molecule has 0 N–H and O–H groups in total. The van der Waals surface area contributed by atoms with Crippen LogP contribution in [0.2, 0.25) is 0 Å². The summed E-state index contributed by atoms with van der Waals surface area (Å²) in [6.45, 7) is 4.19. The van der Waals surface area contributed by atoms with Crippen LogP contribution in [0.3, 0.4) is 0 Å². The maximum atomic E-state index is 13.3. The van der Waals surface area contributed by atoms with Crippen LogP contribution in [-0.4, -0.2) is 18.3 Å². The Morgan fingerprint density at radius 1 is 1.26 bits per heavy atom. The van der Waals surface area contributed by atoms with Crippen molar-refractivity contribution in [3.8, 4) is 11.5 Å². The first-order chi connectivity index (χ1) is 13.0. The van der Waals surface area contributed by atoms with Gasteiger partial charge in [0.25, 0.3) is 0 Å². The molecule has 0 unspecified atom stereocenters. The number of nitrogens with zero attached hydrogens (tertiary/aromatic N) is 1. The number of hydrogen-bond donors (Lipinski definition) is 0. The van der Waals surface area contributed by atoms with Crippen LogP contribution < -0.4 is 9.47 Å². The highest BCUT2D eigenvalue weighted by atomic mass is 79.9. The second-order valence-electron chi connectivity index (χ2n) is 5.80. The molecule has 0 amide bonds. The van der Waals surface area contributed by atoms with E-state index in [1.165, 1.54) is 12.1 Å². The van der Waals surface area contributed by atoms with Crippen molar-refractivity contribution >= 4 is 33.7 Å². The van der Waals surface area contributed by atoms with Gasteiger partial charge in [0.1, 0.15) is 12.4 Å². The van der Waals surface area contributed by atoms with E-state index in [1.54, 1.807) is 37.3 Å². The SMILES string of the molecule is CCOc1cc(/C=C2/C(=O)ON=C2C)cc(Br)c1OCc1cccc(F)c1. The number of carbonyl (C=O) groups excluding carboxylic acids is 1. The average molecular weight is 434 g/mol. The summed E-state index contributed by atoms with van der Waals surface area (Å²) < 4.78 is 25.5. The number of oxime groups is 1. The van der Waals surface area contributed by atoms with E-state index in [4.69, 9.17) is 9.47 Å². The van der Waals surface area contributed by atoms with Gasteiger partial charge in [0.15, 0.2) is 11.5 Å². The first kappa shape index (κ1) is 19.1. The topological polar surface area (TPSA) is 57.1 Å². The van der Waals surface area contributed by atoms with Crippen LogP contribution in [0.25, 0.3) is 6.08 Å². The van der Waals surface area contributed by atoms with Gasteiger partial charge < -0.3 is 14.3 Å². The zero-order valence-electron chi connectivity index (χ0n) is 14.8. The number of halogens is 2. The molecule has 1 aliphatic rings. The van der Waals surface area contributed by atoms with Gasteiger partial charge in [0.05, 0.1) is 22.4 Å². The molecule has 2 aromatic rings. The van der Waals surface area contributed by atoms with E-state index in [9.17, 15) is 9.18 Å². The second kappa shape index (κ2) is 8.35. The largest absolute Gasteiger partial charge is 0.490 e. The molecule has 1 heterocycles. The molecule has 3 rings (SSSR count). The Labute approximate surface area is 164 Å². The van der Waals surface area contributed by atoms with Gasteiger partial charge in [-0.05, 0) is 71.2 Å². The molecule has 0 spiro atoms. The fourth-order valence-corrected chi connectivity index (χ4v) is 3.12. The van der Waals surface area contributed by atoms with Crippen LogP contribution in [0.15, 0.2) is 51.6 Å². The Morgan fingerprint density at radius 3 is 2.74 bits per heavy atom. The third-order valence-electron chi connectivity index (χ3n) is 3.79. The molecule has 0 saturated heterocycles. The lowest BCUT2D eigenvalue weighted by Gasteiger charge is -2.15. The minimum atomic E-state index is -0.493. The highest BCUT2D eigenvalue weighted by molar-refractivity contribution is 9.10. The Bertz CT molecular complexity index is 940. The fourth-order valence-electron chi connectivity index (χ4n) is 2.54. The van der Waals surface area contributed by atoms with Crippen LogP contribution in [0.5, 0.6) is 11.5 Å². The number of hydrogen-bond acceptors (Lipinski definition) is 5. The highest BCUT2D eigenvalue weighted by Gasteiger charge is 2.22. The van der Waals surface area contributed by atoms with Gasteiger partial charge in [-0.1, -0.05) is 17.3 Å². The fraction of sp³-hybridized carbons (Fsp3) is 0.200. The summed E-state index contributed by atoms with van der Waals surface area (Å²) in [7, 11) is 0. The maximum absolute atomic E-state index is 13.3. The van der Waals surface area contributed by atoms with Crippen LogP contribution >= 0.6 is 15.9 Å². The van der Waals surface area contributed by atoms with Gasteiger partial charge >= 0.3 is 5.97 Å². The molecule has 0 aromatic heterocycles. The van der Waals surface area contributed by atoms with E-state index < -0.39 is 5.97 Å². The van der Waals surface area contributed by atoms with E-state index in [1.807, 2.05) is 6.92 Å². The summed E-state index contributed by atoms with van der Waals surface area (Å²) in [5.74, 6) is 0.203. The first-order valence-corrected chi connectivity index (χ1v) is 9.09. The third kappa shape index (κ3) is 4.54. The van der Waals surface area contributed by atoms with Crippen LogP contribution in [0.1, 0.15) is 25.0 Å². The van der Waals surface area contributed by atoms with Crippen LogP contribution in [-0.2, 0) is 16.2 Å². The molecule has 0 atom stereocenters. The highest BCUT2D eigenvalue weighted by Crippen LogP contribution is 2.38. The summed E-state index contributed by atoms with van der Waals surface area (Å²) in [6.07, 6.45) is 1.68. The zero-order valence-corrected chi connectivity index (χ0v) is 16.4. The van der Waals surface area contributed by atoms with Crippen molar-refractivity contribution in [1.29, 1.82) is 0 Å². The standard InChI is InChI=1S/C20H17BrFNO4/c1-3-25-18-10-14(8-16-12(2)23-27-20(16)24)9-17(21)19(18)26-11-13-5-4-6-15(22)7-13/h4-10H,3,11H2,1-2H3/b16-8+. The zero-order chi connectivity index (χ0) is 19.4. The molecule has 0 saturated carbocycles. The molecule has 0 fully saturated rings. The number of rotatable bonds is 6. The van der Waals surface area contributed by atoms with Gasteiger partial charge in [0.2, 0.25) is 0 Å². The number of benzene rings is 2. The Balaban J connectivity index is 1.89. The van der Waals surface area contributed by atoms with Crippen molar-refractivity contribution in [1.82, 2.24) is 0 Å². The van der Waals surface area contributed by atoms with Crippen LogP contribution in [0.4, 0.5) is 4.39 Å². The van der Waals surface area contributed by atoms with E-state index in [2.05, 4.69) is 25.9 Å². The van der Waals surface area contributed by atoms with Crippen LogP contribution in [0, 0.1) is 5.82 Å². The van der Waals surface area contributed by atoms with Crippen molar-refractivity contribution in [3.05, 3.63) is 63.4 Å². The second-order valence-corrected chi connectivity index (χ2v) is 6.65. The Morgan fingerprint density at radius 2 is 2.07 bits per heavy atom. The van der Waals surface area contributed by atoms with Gasteiger partial charge in [0, 0.05) is 0 Å². The average Bonchev–Trinajstić information content (AvgIpc) is 2.93. The Hall–Kier alpha value is -2.67. The third-order valence-corrected chi connectivity index (χ3v) is 4.38. The molecule has 1 aliphatic heterocycles. The summed E-state index contributed by atoms with van der Waals surface area (Å²) in [5.41, 5.74) is 2.33. The predicted molar refractivity (Wildman–Crippen MR) is 103 cm³/mol. The normalized spacial score (nSPS) is 14.9. The van der Waals surface area contributed by atoms with Crippen molar-refractivity contribution in [2.24, 2.45) is 5.16 Å². The summed E-state index contributed by atoms with van der Waals surface area (Å²) in [5, 5.41) is 3.66. The van der Waals surface area contributed by atoms with E-state index in [0.29, 0.717) is 39.4 Å². The smallest absolute Gasteiger partial charge is 0.367 e. The lowest BCUT2D eigenvalue weighted by Crippen LogP contribution is -2.03. The van der Waals surface area contributed by atoms with Crippen molar-refractivity contribution in [2.75, 3.05) is 6.61 Å². The van der Waals surface area contributed by atoms with Gasteiger partial charge in [-0.3, -0.25) is 0 Å². The molecule has 7 heteroatoms. The molecular weight excluding hydrogens is 417 g/mol. The quantitative estimate of drug-likeness (QED) is 0.480. The van der Waals surface area contributed by atoms with Crippen molar-refractivity contribution in [3.63, 3.8) is 0 Å². The lowest BCUT2D eigenvalue weighted by molar-refractivity contribution is -0.136. The van der Waals surface area contributed by atoms with Gasteiger partial charge in [-0.25, -0.2) is 9.18 Å². The summed E-state index contributed by atoms with van der Waals surface area (Å²) in [4.78, 5) is 16.4. The molecule has 0 aliphatic carbocycles. The van der Waals surface area contributed by atoms with E-state index in [0.717, 1.165) is 5.56 Å². The van der Waals surface area contributed by atoms with E-state index >= 15 is 0 Å². The van der Waals surface area contributed by atoms with Crippen molar-refractivity contribution in [2.45, 2.75) is 20.5 Å². The lowest BCUT2D eigenvalue weighted by atomic mass is 10.1.